The van der Waals surface area contributed by atoms with Crippen molar-refractivity contribution in [2.45, 2.75) is 33.0 Å². The molecule has 0 aromatic heterocycles. The molecule has 0 bridgehead atoms. The van der Waals surface area contributed by atoms with Crippen molar-refractivity contribution in [3.05, 3.63) is 52.0 Å². The van der Waals surface area contributed by atoms with Gasteiger partial charge in [0.2, 0.25) is 5.91 Å². The van der Waals surface area contributed by atoms with Crippen molar-refractivity contribution in [1.82, 2.24) is 9.80 Å². The standard InChI is InChI=1S/C25H32ClN3O4/c1-16-5-4-6-17(2)24(16)27-23(31)14-29-11-9-28(10-12-29)13-20(30)22-15-32-25-18(3)19(26)7-8-21(25)33-22/h4-8,20,22,30H,9-15H2,1-3H3,(H,27,31). The molecule has 0 spiro atoms. The highest BCUT2D eigenvalue weighted by molar-refractivity contribution is 6.31. The normalized spacial score (nSPS) is 19.8. The Bertz CT molecular complexity index is 987. The Balaban J connectivity index is 1.23. The number of carbonyl (C=O) groups excluding carboxylic acids is 1. The number of piperazine rings is 1. The van der Waals surface area contributed by atoms with Crippen molar-refractivity contribution >= 4 is 23.2 Å². The van der Waals surface area contributed by atoms with Crippen LogP contribution in [0.4, 0.5) is 5.69 Å². The molecule has 7 nitrogen and oxygen atoms in total. The van der Waals surface area contributed by atoms with Crippen LogP contribution in [0.5, 0.6) is 11.5 Å². The van der Waals surface area contributed by atoms with Crippen LogP contribution < -0.4 is 14.8 Å². The van der Waals surface area contributed by atoms with Gasteiger partial charge >= 0.3 is 0 Å². The molecule has 2 heterocycles. The molecule has 33 heavy (non-hydrogen) atoms. The van der Waals surface area contributed by atoms with Gasteiger partial charge in [0.25, 0.3) is 0 Å². The van der Waals surface area contributed by atoms with Gasteiger partial charge in [0.1, 0.15) is 12.7 Å². The van der Waals surface area contributed by atoms with Crippen LogP contribution in [0.15, 0.2) is 30.3 Å². The van der Waals surface area contributed by atoms with Gasteiger partial charge < -0.3 is 19.9 Å². The topological polar surface area (TPSA) is 74.3 Å². The first-order valence-corrected chi connectivity index (χ1v) is 11.8. The third-order valence-corrected chi connectivity index (χ3v) is 6.84. The smallest absolute Gasteiger partial charge is 0.238 e. The van der Waals surface area contributed by atoms with Crippen LogP contribution in [0.1, 0.15) is 16.7 Å². The van der Waals surface area contributed by atoms with Gasteiger partial charge in [-0.25, -0.2) is 0 Å². The van der Waals surface area contributed by atoms with Crippen LogP contribution in [-0.4, -0.2) is 78.9 Å². The fourth-order valence-corrected chi connectivity index (χ4v) is 4.52. The van der Waals surface area contributed by atoms with Gasteiger partial charge in [0.05, 0.1) is 6.54 Å². The summed E-state index contributed by atoms with van der Waals surface area (Å²) >= 11 is 6.15. The van der Waals surface area contributed by atoms with Crippen molar-refractivity contribution in [1.29, 1.82) is 0 Å². The second-order valence-corrected chi connectivity index (χ2v) is 9.33. The van der Waals surface area contributed by atoms with Crippen molar-refractivity contribution in [3.63, 3.8) is 0 Å². The Morgan fingerprint density at radius 3 is 2.48 bits per heavy atom. The zero-order valence-electron chi connectivity index (χ0n) is 19.4. The summed E-state index contributed by atoms with van der Waals surface area (Å²) in [7, 11) is 0. The predicted molar refractivity (Wildman–Crippen MR) is 130 cm³/mol. The Morgan fingerprint density at radius 1 is 1.12 bits per heavy atom. The molecule has 2 aliphatic heterocycles. The number of anilines is 1. The van der Waals surface area contributed by atoms with E-state index >= 15 is 0 Å². The Kier molecular flexibility index (Phi) is 7.44. The van der Waals surface area contributed by atoms with Gasteiger partial charge in [0, 0.05) is 49.0 Å². The molecular weight excluding hydrogens is 442 g/mol. The number of benzene rings is 2. The molecule has 2 aliphatic rings. The lowest BCUT2D eigenvalue weighted by Gasteiger charge is -2.37. The largest absolute Gasteiger partial charge is 0.485 e. The summed E-state index contributed by atoms with van der Waals surface area (Å²) in [6.45, 7) is 10.2. The fourth-order valence-electron chi connectivity index (χ4n) is 4.37. The quantitative estimate of drug-likeness (QED) is 0.671. The number of aryl methyl sites for hydroxylation is 2. The van der Waals surface area contributed by atoms with Crippen molar-refractivity contribution in [2.24, 2.45) is 0 Å². The Hall–Kier alpha value is -2.32. The molecule has 1 amide bonds. The molecule has 2 aromatic carbocycles. The van der Waals surface area contributed by atoms with Crippen LogP contribution in [-0.2, 0) is 4.79 Å². The number of aliphatic hydroxyl groups is 1. The number of hydrogen-bond donors (Lipinski definition) is 2. The van der Waals surface area contributed by atoms with Gasteiger partial charge in [-0.3, -0.25) is 14.6 Å². The molecule has 2 unspecified atom stereocenters. The SMILES string of the molecule is Cc1cccc(C)c1NC(=O)CN1CCN(CC(O)C2COc3c(ccc(Cl)c3C)O2)CC1. The fraction of sp³-hybridized carbons (Fsp3) is 0.480. The molecule has 178 valence electrons. The first-order valence-electron chi connectivity index (χ1n) is 11.4. The molecule has 4 rings (SSSR count). The van der Waals surface area contributed by atoms with Crippen LogP contribution in [0, 0.1) is 20.8 Å². The van der Waals surface area contributed by atoms with E-state index in [4.69, 9.17) is 21.1 Å². The third-order valence-electron chi connectivity index (χ3n) is 6.43. The number of nitrogens with zero attached hydrogens (tertiary/aromatic N) is 2. The van der Waals surface area contributed by atoms with E-state index in [2.05, 4.69) is 15.1 Å². The third kappa shape index (κ3) is 5.61. The van der Waals surface area contributed by atoms with E-state index in [1.54, 1.807) is 12.1 Å². The van der Waals surface area contributed by atoms with Crippen LogP contribution in [0.25, 0.3) is 0 Å². The minimum absolute atomic E-state index is 0.00250. The average Bonchev–Trinajstić information content (AvgIpc) is 2.80. The lowest BCUT2D eigenvalue weighted by atomic mass is 10.1. The number of rotatable bonds is 6. The highest BCUT2D eigenvalue weighted by Crippen LogP contribution is 2.38. The second-order valence-electron chi connectivity index (χ2n) is 8.93. The van der Waals surface area contributed by atoms with E-state index in [0.29, 0.717) is 29.6 Å². The summed E-state index contributed by atoms with van der Waals surface area (Å²) in [5.41, 5.74) is 3.88. The maximum Gasteiger partial charge on any atom is 0.238 e. The number of halogens is 1. The highest BCUT2D eigenvalue weighted by Gasteiger charge is 2.31. The van der Waals surface area contributed by atoms with E-state index in [-0.39, 0.29) is 12.5 Å². The van der Waals surface area contributed by atoms with Crippen LogP contribution >= 0.6 is 11.6 Å². The van der Waals surface area contributed by atoms with E-state index < -0.39 is 12.2 Å². The first-order chi connectivity index (χ1) is 15.8. The lowest BCUT2D eigenvalue weighted by molar-refractivity contribution is -0.117. The van der Waals surface area contributed by atoms with Crippen molar-refractivity contribution in [2.75, 3.05) is 51.2 Å². The van der Waals surface area contributed by atoms with Gasteiger partial charge in [-0.1, -0.05) is 29.8 Å². The van der Waals surface area contributed by atoms with E-state index in [0.717, 1.165) is 48.6 Å². The van der Waals surface area contributed by atoms with Gasteiger partial charge in [0.15, 0.2) is 17.6 Å². The lowest BCUT2D eigenvalue weighted by Crippen LogP contribution is -2.53. The number of aliphatic hydroxyl groups excluding tert-OH is 1. The summed E-state index contributed by atoms with van der Waals surface area (Å²) in [4.78, 5) is 16.9. The molecule has 0 radical (unpaired) electrons. The molecule has 0 saturated carbocycles. The van der Waals surface area contributed by atoms with E-state index in [1.807, 2.05) is 39.0 Å². The molecule has 1 fully saturated rings. The van der Waals surface area contributed by atoms with Gasteiger partial charge in [-0.05, 0) is 44.0 Å². The molecule has 2 aromatic rings. The summed E-state index contributed by atoms with van der Waals surface area (Å²) in [5.74, 6) is 1.27. The Labute approximate surface area is 200 Å². The minimum Gasteiger partial charge on any atom is -0.485 e. The molecule has 0 aliphatic carbocycles. The maximum absolute atomic E-state index is 12.6. The minimum atomic E-state index is -0.673. The maximum atomic E-state index is 12.6. The number of fused-ring (bicyclic) bond motifs is 1. The van der Waals surface area contributed by atoms with E-state index in [9.17, 15) is 9.90 Å². The number of ether oxygens (including phenoxy) is 2. The molecule has 1 saturated heterocycles. The number of para-hydroxylation sites is 1. The first kappa shape index (κ1) is 23.8. The Morgan fingerprint density at radius 2 is 1.79 bits per heavy atom. The molecule has 8 heteroatoms. The monoisotopic (exact) mass is 473 g/mol. The number of carbonyl (C=O) groups is 1. The van der Waals surface area contributed by atoms with Crippen molar-refractivity contribution in [3.8, 4) is 11.5 Å². The summed E-state index contributed by atoms with van der Waals surface area (Å²) < 4.78 is 11.8. The summed E-state index contributed by atoms with van der Waals surface area (Å²) in [5, 5.41) is 14.4. The number of hydrogen-bond acceptors (Lipinski definition) is 6. The predicted octanol–water partition coefficient (Wildman–Crippen LogP) is 3.02. The molecular formula is C25H32ClN3O4. The van der Waals surface area contributed by atoms with Gasteiger partial charge in [-0.2, -0.15) is 0 Å². The van der Waals surface area contributed by atoms with E-state index in [1.165, 1.54) is 0 Å². The summed E-state index contributed by atoms with van der Waals surface area (Å²) in [6.07, 6.45) is -1.10. The zero-order valence-corrected chi connectivity index (χ0v) is 20.2. The summed E-state index contributed by atoms with van der Waals surface area (Å²) in [6, 6.07) is 9.56. The average molecular weight is 474 g/mol. The van der Waals surface area contributed by atoms with Crippen LogP contribution in [0.3, 0.4) is 0 Å². The number of β-amino-alcohol motifs (C(OH)–C–C–N with tert-alkyl or cyclic N) is 1. The van der Waals surface area contributed by atoms with Gasteiger partial charge in [-0.15, -0.1) is 0 Å². The zero-order chi connectivity index (χ0) is 23.5. The number of nitrogens with one attached hydrogen (secondary N) is 1. The second kappa shape index (κ2) is 10.3. The van der Waals surface area contributed by atoms with Crippen LogP contribution in [0.2, 0.25) is 5.02 Å². The van der Waals surface area contributed by atoms with Crippen molar-refractivity contribution < 1.29 is 19.4 Å². The molecule has 2 atom stereocenters. The highest BCUT2D eigenvalue weighted by atomic mass is 35.5. The molecule has 2 N–H and O–H groups in total. The number of amides is 1.